The van der Waals surface area contributed by atoms with Gasteiger partial charge in [0.05, 0.1) is 0 Å². The number of likely N-dealkylation sites (tertiary alicyclic amines) is 2. The van der Waals surface area contributed by atoms with Gasteiger partial charge in [-0.2, -0.15) is 0 Å². The molecule has 1 aromatic rings. The van der Waals surface area contributed by atoms with Crippen LogP contribution in [0.15, 0.2) is 33.7 Å². The molecule has 0 aliphatic carbocycles. The predicted octanol–water partition coefficient (Wildman–Crippen LogP) is 2.92. The maximum absolute atomic E-state index is 4.44. The molecule has 0 bridgehead atoms. The number of nitrogens with zero attached hydrogens (tertiary/aromatic N) is 3. The zero-order valence-corrected chi connectivity index (χ0v) is 18.3. The van der Waals surface area contributed by atoms with Gasteiger partial charge in [0.15, 0.2) is 5.96 Å². The number of aliphatic imine (C=N–C) groups is 1. The van der Waals surface area contributed by atoms with Crippen LogP contribution in [0.1, 0.15) is 31.7 Å². The number of guanidine groups is 1. The number of benzene rings is 1. The van der Waals surface area contributed by atoms with Gasteiger partial charge in [0, 0.05) is 50.3 Å². The monoisotopic (exact) mass is 435 g/mol. The number of hydrogen-bond acceptors (Lipinski definition) is 3. The molecule has 2 fully saturated rings. The highest BCUT2D eigenvalue weighted by molar-refractivity contribution is 9.10. The Morgan fingerprint density at radius 1 is 1.11 bits per heavy atom. The van der Waals surface area contributed by atoms with Crippen LogP contribution in [0, 0.1) is 5.92 Å². The molecule has 2 aliphatic heterocycles. The van der Waals surface area contributed by atoms with Crippen LogP contribution in [0.4, 0.5) is 0 Å². The third kappa shape index (κ3) is 6.47. The summed E-state index contributed by atoms with van der Waals surface area (Å²) in [6.45, 7) is 10.2. The second-order valence-electron chi connectivity index (χ2n) is 7.82. The highest BCUT2D eigenvalue weighted by atomic mass is 79.9. The van der Waals surface area contributed by atoms with E-state index in [1.54, 1.807) is 0 Å². The standard InChI is InChI=1S/C21H34BrN5/c1-3-26-11-8-18(16-26)14-24-21(23-2)25-20-9-12-27(13-10-20)15-17-4-6-19(22)7-5-17/h4-7,18,20H,3,8-16H2,1-2H3,(H2,23,24,25). The molecule has 1 atom stereocenters. The molecule has 0 spiro atoms. The lowest BCUT2D eigenvalue weighted by molar-refractivity contribution is 0.198. The van der Waals surface area contributed by atoms with Crippen molar-refractivity contribution in [2.45, 2.75) is 38.8 Å². The summed E-state index contributed by atoms with van der Waals surface area (Å²) in [4.78, 5) is 9.52. The smallest absolute Gasteiger partial charge is 0.191 e. The van der Waals surface area contributed by atoms with Crippen LogP contribution in [0.3, 0.4) is 0 Å². The number of halogens is 1. The van der Waals surface area contributed by atoms with E-state index >= 15 is 0 Å². The van der Waals surface area contributed by atoms with Gasteiger partial charge in [-0.25, -0.2) is 0 Å². The fraction of sp³-hybridized carbons (Fsp3) is 0.667. The lowest BCUT2D eigenvalue weighted by atomic mass is 10.0. The molecule has 150 valence electrons. The molecular formula is C21H34BrN5. The number of hydrogen-bond donors (Lipinski definition) is 2. The number of piperidine rings is 1. The molecular weight excluding hydrogens is 402 g/mol. The lowest BCUT2D eigenvalue weighted by Crippen LogP contribution is -2.49. The quantitative estimate of drug-likeness (QED) is 0.532. The SMILES string of the molecule is CCN1CCC(CNC(=NC)NC2CCN(Cc3ccc(Br)cc3)CC2)C1. The molecule has 5 nitrogen and oxygen atoms in total. The summed E-state index contributed by atoms with van der Waals surface area (Å²) >= 11 is 3.51. The van der Waals surface area contributed by atoms with Gasteiger partial charge in [0.25, 0.3) is 0 Å². The molecule has 27 heavy (non-hydrogen) atoms. The normalized spacial score (nSPS) is 22.9. The van der Waals surface area contributed by atoms with Gasteiger partial charge in [-0.3, -0.25) is 9.89 Å². The Hall–Kier alpha value is -1.11. The molecule has 2 N–H and O–H groups in total. The van der Waals surface area contributed by atoms with E-state index in [1.165, 1.54) is 44.5 Å². The fourth-order valence-electron chi connectivity index (χ4n) is 4.08. The molecule has 0 aromatic heterocycles. The van der Waals surface area contributed by atoms with Crippen molar-refractivity contribution < 1.29 is 0 Å². The summed E-state index contributed by atoms with van der Waals surface area (Å²) in [6.07, 6.45) is 3.64. The molecule has 6 heteroatoms. The Morgan fingerprint density at radius 3 is 2.44 bits per heavy atom. The average molecular weight is 436 g/mol. The van der Waals surface area contributed by atoms with E-state index in [0.717, 1.165) is 42.5 Å². The van der Waals surface area contributed by atoms with Crippen LogP contribution in [0.2, 0.25) is 0 Å². The Bertz CT molecular complexity index is 595. The van der Waals surface area contributed by atoms with Gasteiger partial charge in [0.2, 0.25) is 0 Å². The molecule has 1 aromatic carbocycles. The summed E-state index contributed by atoms with van der Waals surface area (Å²) in [5, 5.41) is 7.19. The third-order valence-electron chi connectivity index (χ3n) is 5.85. The summed E-state index contributed by atoms with van der Waals surface area (Å²) in [6, 6.07) is 9.20. The maximum atomic E-state index is 4.44. The maximum Gasteiger partial charge on any atom is 0.191 e. The number of rotatable bonds is 6. The Kier molecular flexibility index (Phi) is 7.97. The van der Waals surface area contributed by atoms with Crippen molar-refractivity contribution in [3.63, 3.8) is 0 Å². The molecule has 2 saturated heterocycles. The van der Waals surface area contributed by atoms with E-state index in [1.807, 2.05) is 7.05 Å². The highest BCUT2D eigenvalue weighted by Gasteiger charge is 2.23. The molecule has 0 saturated carbocycles. The lowest BCUT2D eigenvalue weighted by Gasteiger charge is -2.33. The van der Waals surface area contributed by atoms with Crippen LogP contribution in [-0.4, -0.2) is 68.1 Å². The van der Waals surface area contributed by atoms with Crippen LogP contribution in [0.25, 0.3) is 0 Å². The minimum Gasteiger partial charge on any atom is -0.356 e. The van der Waals surface area contributed by atoms with E-state index in [9.17, 15) is 0 Å². The molecule has 0 radical (unpaired) electrons. The largest absolute Gasteiger partial charge is 0.356 e. The second kappa shape index (κ2) is 10.4. The van der Waals surface area contributed by atoms with Crippen molar-refractivity contribution in [2.24, 2.45) is 10.9 Å². The van der Waals surface area contributed by atoms with Gasteiger partial charge in [-0.15, -0.1) is 0 Å². The highest BCUT2D eigenvalue weighted by Crippen LogP contribution is 2.17. The van der Waals surface area contributed by atoms with E-state index < -0.39 is 0 Å². The topological polar surface area (TPSA) is 42.9 Å². The Morgan fingerprint density at radius 2 is 1.81 bits per heavy atom. The van der Waals surface area contributed by atoms with Gasteiger partial charge >= 0.3 is 0 Å². The van der Waals surface area contributed by atoms with E-state index in [-0.39, 0.29) is 0 Å². The Balaban J connectivity index is 1.36. The van der Waals surface area contributed by atoms with Gasteiger partial charge in [-0.05, 0) is 56.0 Å². The molecule has 0 amide bonds. The molecule has 1 unspecified atom stereocenters. The summed E-state index contributed by atoms with van der Waals surface area (Å²) < 4.78 is 1.15. The van der Waals surface area contributed by atoms with Crippen molar-refractivity contribution in [3.8, 4) is 0 Å². The van der Waals surface area contributed by atoms with Gasteiger partial charge in [-0.1, -0.05) is 35.0 Å². The van der Waals surface area contributed by atoms with Crippen molar-refractivity contribution in [1.29, 1.82) is 0 Å². The Labute approximate surface area is 172 Å². The third-order valence-corrected chi connectivity index (χ3v) is 6.38. The van der Waals surface area contributed by atoms with Crippen molar-refractivity contribution in [1.82, 2.24) is 20.4 Å². The van der Waals surface area contributed by atoms with Crippen molar-refractivity contribution >= 4 is 21.9 Å². The minimum atomic E-state index is 0.521. The fourth-order valence-corrected chi connectivity index (χ4v) is 4.34. The molecule has 3 rings (SSSR count). The van der Waals surface area contributed by atoms with Crippen LogP contribution < -0.4 is 10.6 Å². The van der Waals surface area contributed by atoms with Crippen LogP contribution in [0.5, 0.6) is 0 Å². The van der Waals surface area contributed by atoms with Gasteiger partial charge in [0.1, 0.15) is 0 Å². The average Bonchev–Trinajstić information content (AvgIpc) is 3.16. The van der Waals surface area contributed by atoms with Crippen LogP contribution in [-0.2, 0) is 6.54 Å². The summed E-state index contributed by atoms with van der Waals surface area (Å²) in [7, 11) is 1.88. The summed E-state index contributed by atoms with van der Waals surface area (Å²) in [5.41, 5.74) is 1.39. The minimum absolute atomic E-state index is 0.521. The zero-order chi connectivity index (χ0) is 19.1. The van der Waals surface area contributed by atoms with E-state index in [4.69, 9.17) is 0 Å². The zero-order valence-electron chi connectivity index (χ0n) is 16.8. The first-order chi connectivity index (χ1) is 13.2. The van der Waals surface area contributed by atoms with Gasteiger partial charge < -0.3 is 15.5 Å². The number of nitrogens with one attached hydrogen (secondary N) is 2. The summed E-state index contributed by atoms with van der Waals surface area (Å²) in [5.74, 6) is 1.72. The first-order valence-electron chi connectivity index (χ1n) is 10.3. The predicted molar refractivity (Wildman–Crippen MR) is 117 cm³/mol. The molecule has 2 aliphatic rings. The van der Waals surface area contributed by atoms with Crippen molar-refractivity contribution in [3.05, 3.63) is 34.3 Å². The van der Waals surface area contributed by atoms with E-state index in [0.29, 0.717) is 6.04 Å². The van der Waals surface area contributed by atoms with E-state index in [2.05, 4.69) is 72.5 Å². The second-order valence-corrected chi connectivity index (χ2v) is 8.74. The first kappa shape index (κ1) is 20.6. The van der Waals surface area contributed by atoms with Crippen LogP contribution >= 0.6 is 15.9 Å². The van der Waals surface area contributed by atoms with Crippen molar-refractivity contribution in [2.75, 3.05) is 46.3 Å². The molecule has 2 heterocycles. The first-order valence-corrected chi connectivity index (χ1v) is 11.1.